The van der Waals surface area contributed by atoms with E-state index in [1.54, 1.807) is 6.92 Å². The molecule has 2 atom stereocenters. The van der Waals surface area contributed by atoms with E-state index in [-0.39, 0.29) is 5.91 Å². The van der Waals surface area contributed by atoms with Crippen LogP contribution in [-0.4, -0.2) is 18.6 Å². The third-order valence-electron chi connectivity index (χ3n) is 3.68. The van der Waals surface area contributed by atoms with Crippen LogP contribution in [0.1, 0.15) is 46.5 Å². The molecule has 1 amide bonds. The van der Waals surface area contributed by atoms with Crippen LogP contribution in [0.3, 0.4) is 0 Å². The summed E-state index contributed by atoms with van der Waals surface area (Å²) in [4.78, 5) is 12.2. The van der Waals surface area contributed by atoms with Crippen molar-refractivity contribution in [3.63, 3.8) is 0 Å². The van der Waals surface area contributed by atoms with E-state index in [9.17, 15) is 4.79 Å². The van der Waals surface area contributed by atoms with E-state index >= 15 is 0 Å². The summed E-state index contributed by atoms with van der Waals surface area (Å²) in [6, 6.07) is 5.63. The lowest BCUT2D eigenvalue weighted by molar-refractivity contribution is -0.127. The summed E-state index contributed by atoms with van der Waals surface area (Å²) < 4.78 is 7.52. The molecular formula is C17H25Br2NO2. The molecule has 0 spiro atoms. The van der Waals surface area contributed by atoms with Gasteiger partial charge < -0.3 is 10.1 Å². The van der Waals surface area contributed by atoms with Crippen LogP contribution in [0.4, 0.5) is 0 Å². The fraction of sp³-hybridized carbons (Fsp3) is 0.588. The Labute approximate surface area is 150 Å². The Hall–Kier alpha value is -0.550. The molecular weight excluding hydrogens is 410 g/mol. The fourth-order valence-corrected chi connectivity index (χ4v) is 3.29. The molecule has 0 bridgehead atoms. The van der Waals surface area contributed by atoms with Crippen molar-refractivity contribution < 1.29 is 9.53 Å². The lowest BCUT2D eigenvalue weighted by Crippen LogP contribution is -2.38. The molecule has 124 valence electrons. The van der Waals surface area contributed by atoms with Crippen LogP contribution in [0.2, 0.25) is 0 Å². The Kier molecular flexibility index (Phi) is 9.10. The summed E-state index contributed by atoms with van der Waals surface area (Å²) in [6.45, 7) is 6.87. The normalized spacial score (nSPS) is 13.5. The van der Waals surface area contributed by atoms with Crippen molar-refractivity contribution in [3.05, 3.63) is 27.1 Å². The highest BCUT2D eigenvalue weighted by Gasteiger charge is 2.17. The highest BCUT2D eigenvalue weighted by molar-refractivity contribution is 9.11. The molecule has 1 N–H and O–H groups in total. The molecule has 0 saturated heterocycles. The van der Waals surface area contributed by atoms with Crippen molar-refractivity contribution >= 4 is 37.8 Å². The third kappa shape index (κ3) is 6.69. The van der Waals surface area contributed by atoms with Gasteiger partial charge in [0.25, 0.3) is 5.91 Å². The van der Waals surface area contributed by atoms with Gasteiger partial charge in [-0.05, 0) is 53.4 Å². The summed E-state index contributed by atoms with van der Waals surface area (Å²) in [7, 11) is 0. The number of carbonyl (C=O) groups excluding carboxylic acids is 1. The largest absolute Gasteiger partial charge is 0.480 e. The molecule has 0 aromatic heterocycles. The Balaban J connectivity index is 2.47. The van der Waals surface area contributed by atoms with Gasteiger partial charge >= 0.3 is 0 Å². The number of hydrogen-bond donors (Lipinski definition) is 1. The topological polar surface area (TPSA) is 38.3 Å². The number of ether oxygens (including phenoxy) is 1. The minimum Gasteiger partial charge on any atom is -0.480 e. The predicted octanol–water partition coefficient (Wildman–Crippen LogP) is 5.31. The number of halogens is 2. The molecule has 3 nitrogen and oxygen atoms in total. The molecule has 0 aliphatic heterocycles. The standard InChI is InChI=1S/C17H25Br2NO2/c1-4-6-7-13(5-2)11-20-17(21)12(3)22-16-9-8-14(18)10-15(16)19/h8-10,12-13H,4-7,11H2,1-3H3,(H,20,21)/t12-,13-/m1/s1. The minimum atomic E-state index is -0.513. The SMILES string of the molecule is CCCC[C@@H](CC)CNC(=O)[C@@H](C)Oc1ccc(Br)cc1Br. The van der Waals surface area contributed by atoms with Gasteiger partial charge in [0, 0.05) is 11.0 Å². The first-order chi connectivity index (χ1) is 10.5. The van der Waals surface area contributed by atoms with Crippen molar-refractivity contribution in [1.29, 1.82) is 0 Å². The second-order valence-electron chi connectivity index (χ2n) is 5.50. The minimum absolute atomic E-state index is 0.0650. The van der Waals surface area contributed by atoms with Crippen molar-refractivity contribution in [2.24, 2.45) is 5.92 Å². The molecule has 22 heavy (non-hydrogen) atoms. The highest BCUT2D eigenvalue weighted by Crippen LogP contribution is 2.28. The molecule has 0 saturated carbocycles. The van der Waals surface area contributed by atoms with Crippen LogP contribution in [0, 0.1) is 5.92 Å². The van der Waals surface area contributed by atoms with Crippen molar-refractivity contribution in [1.82, 2.24) is 5.32 Å². The first kappa shape index (κ1) is 19.5. The van der Waals surface area contributed by atoms with Gasteiger partial charge in [-0.3, -0.25) is 4.79 Å². The summed E-state index contributed by atoms with van der Waals surface area (Å²) in [5.74, 6) is 1.16. The molecule has 1 rings (SSSR count). The molecule has 0 heterocycles. The first-order valence-corrected chi connectivity index (χ1v) is 9.45. The van der Waals surface area contributed by atoms with Crippen LogP contribution in [0.15, 0.2) is 27.1 Å². The van der Waals surface area contributed by atoms with Crippen molar-refractivity contribution in [3.8, 4) is 5.75 Å². The molecule has 5 heteroatoms. The molecule has 1 aromatic rings. The van der Waals surface area contributed by atoms with Crippen LogP contribution >= 0.6 is 31.9 Å². The smallest absolute Gasteiger partial charge is 0.260 e. The zero-order chi connectivity index (χ0) is 16.5. The van der Waals surface area contributed by atoms with Crippen LogP contribution in [-0.2, 0) is 4.79 Å². The molecule has 0 radical (unpaired) electrons. The Morgan fingerprint density at radius 3 is 2.64 bits per heavy atom. The Bertz CT molecular complexity index is 480. The predicted molar refractivity (Wildman–Crippen MR) is 98.2 cm³/mol. The monoisotopic (exact) mass is 433 g/mol. The molecule has 0 fully saturated rings. The Morgan fingerprint density at radius 1 is 1.32 bits per heavy atom. The first-order valence-electron chi connectivity index (χ1n) is 7.87. The maximum absolute atomic E-state index is 12.2. The van der Waals surface area contributed by atoms with Crippen LogP contribution < -0.4 is 10.1 Å². The van der Waals surface area contributed by atoms with Gasteiger partial charge in [-0.25, -0.2) is 0 Å². The summed E-state index contributed by atoms with van der Waals surface area (Å²) in [6.07, 6.45) is 4.16. The van der Waals surface area contributed by atoms with Crippen molar-refractivity contribution in [2.45, 2.75) is 52.6 Å². The van der Waals surface area contributed by atoms with Gasteiger partial charge in [0.05, 0.1) is 4.47 Å². The number of benzene rings is 1. The van der Waals surface area contributed by atoms with Gasteiger partial charge in [-0.2, -0.15) is 0 Å². The summed E-state index contributed by atoms with van der Waals surface area (Å²) in [5.41, 5.74) is 0. The van der Waals surface area contributed by atoms with Gasteiger partial charge in [0.1, 0.15) is 5.75 Å². The van der Waals surface area contributed by atoms with E-state index in [1.165, 1.54) is 19.3 Å². The van der Waals surface area contributed by atoms with E-state index in [4.69, 9.17) is 4.74 Å². The lowest BCUT2D eigenvalue weighted by Gasteiger charge is -2.19. The average molecular weight is 435 g/mol. The number of rotatable bonds is 9. The van der Waals surface area contributed by atoms with Gasteiger partial charge in [0.2, 0.25) is 0 Å². The second kappa shape index (κ2) is 10.3. The number of amides is 1. The number of carbonyl (C=O) groups is 1. The molecule has 0 unspecified atom stereocenters. The maximum Gasteiger partial charge on any atom is 0.260 e. The van der Waals surface area contributed by atoms with E-state index in [0.29, 0.717) is 11.7 Å². The zero-order valence-corrected chi connectivity index (χ0v) is 16.7. The van der Waals surface area contributed by atoms with Crippen molar-refractivity contribution in [2.75, 3.05) is 6.54 Å². The van der Waals surface area contributed by atoms with E-state index in [2.05, 4.69) is 51.0 Å². The summed E-state index contributed by atoms with van der Waals surface area (Å²) in [5, 5.41) is 3.00. The van der Waals surface area contributed by atoms with Crippen LogP contribution in [0.25, 0.3) is 0 Å². The molecule has 1 aromatic carbocycles. The molecule has 0 aliphatic rings. The van der Waals surface area contributed by atoms with E-state index in [0.717, 1.165) is 21.9 Å². The van der Waals surface area contributed by atoms with E-state index in [1.807, 2.05) is 18.2 Å². The second-order valence-corrected chi connectivity index (χ2v) is 7.27. The highest BCUT2D eigenvalue weighted by atomic mass is 79.9. The number of hydrogen-bond acceptors (Lipinski definition) is 2. The third-order valence-corrected chi connectivity index (χ3v) is 4.79. The quantitative estimate of drug-likeness (QED) is 0.571. The average Bonchev–Trinajstić information content (AvgIpc) is 2.49. The Morgan fingerprint density at radius 2 is 2.05 bits per heavy atom. The van der Waals surface area contributed by atoms with Gasteiger partial charge in [-0.15, -0.1) is 0 Å². The number of nitrogens with one attached hydrogen (secondary N) is 1. The fourth-order valence-electron chi connectivity index (χ4n) is 2.15. The van der Waals surface area contributed by atoms with E-state index < -0.39 is 6.10 Å². The van der Waals surface area contributed by atoms with Gasteiger partial charge in [0.15, 0.2) is 6.10 Å². The number of unbranched alkanes of at least 4 members (excludes halogenated alkanes) is 1. The lowest BCUT2D eigenvalue weighted by atomic mass is 9.99. The zero-order valence-electron chi connectivity index (χ0n) is 13.5. The maximum atomic E-state index is 12.2. The summed E-state index contributed by atoms with van der Waals surface area (Å²) >= 11 is 6.84. The van der Waals surface area contributed by atoms with Gasteiger partial charge in [-0.1, -0.05) is 49.0 Å². The molecule has 0 aliphatic carbocycles. The van der Waals surface area contributed by atoms with Crippen LogP contribution in [0.5, 0.6) is 5.75 Å².